The summed E-state index contributed by atoms with van der Waals surface area (Å²) in [5, 5.41) is 0. The smallest absolute Gasteiger partial charge is 0.175 e. The van der Waals surface area contributed by atoms with Crippen LogP contribution >= 0.6 is 15.9 Å². The molecule has 0 bridgehead atoms. The molecule has 0 aliphatic rings. The molecule has 1 aromatic carbocycles. The number of aldehydes is 1. The lowest BCUT2D eigenvalue weighted by Crippen LogP contribution is -2.01. The van der Waals surface area contributed by atoms with E-state index in [9.17, 15) is 4.79 Å². The first-order valence-electron chi connectivity index (χ1n) is 4.68. The highest BCUT2D eigenvalue weighted by atomic mass is 79.9. The monoisotopic (exact) mass is 284 g/mol. The molecule has 0 saturated carbocycles. The van der Waals surface area contributed by atoms with Crippen LogP contribution in [0, 0.1) is 0 Å². The van der Waals surface area contributed by atoms with Crippen molar-refractivity contribution in [1.29, 1.82) is 0 Å². The fraction of sp³-hybridized carbons (Fsp3) is 0.250. The third-order valence-corrected chi connectivity index (χ3v) is 2.44. The third kappa shape index (κ3) is 3.10. The summed E-state index contributed by atoms with van der Waals surface area (Å²) in [6.45, 7) is 6.04. The van der Waals surface area contributed by atoms with Gasteiger partial charge in [-0.25, -0.2) is 0 Å². The summed E-state index contributed by atoms with van der Waals surface area (Å²) < 4.78 is 11.4. The number of methoxy groups -OCH3 is 1. The van der Waals surface area contributed by atoms with Gasteiger partial charge < -0.3 is 9.47 Å². The van der Waals surface area contributed by atoms with Crippen LogP contribution in [0.2, 0.25) is 0 Å². The van der Waals surface area contributed by atoms with E-state index < -0.39 is 0 Å². The van der Waals surface area contributed by atoms with Crippen LogP contribution in [0.15, 0.2) is 28.8 Å². The molecule has 0 aliphatic carbocycles. The second-order valence-electron chi connectivity index (χ2n) is 3.40. The maximum atomic E-state index is 10.7. The minimum atomic E-state index is 0.412. The third-order valence-electron chi connectivity index (χ3n) is 1.85. The molecule has 0 heterocycles. The summed E-state index contributed by atoms with van der Waals surface area (Å²) in [6.07, 6.45) is 0.760. The molecule has 86 valence electrons. The summed E-state index contributed by atoms with van der Waals surface area (Å²) in [5.74, 6) is 1.11. The van der Waals surface area contributed by atoms with Crippen LogP contribution in [-0.4, -0.2) is 20.0 Å². The number of benzene rings is 1. The highest BCUT2D eigenvalue weighted by Gasteiger charge is 2.11. The van der Waals surface area contributed by atoms with E-state index in [4.69, 9.17) is 9.47 Å². The Morgan fingerprint density at radius 2 is 2.25 bits per heavy atom. The van der Waals surface area contributed by atoms with Gasteiger partial charge in [0.25, 0.3) is 0 Å². The average molecular weight is 285 g/mol. The summed E-state index contributed by atoms with van der Waals surface area (Å²) in [6, 6.07) is 3.31. The van der Waals surface area contributed by atoms with E-state index in [-0.39, 0.29) is 0 Å². The predicted octanol–water partition coefficient (Wildman–Crippen LogP) is 3.23. The summed E-state index contributed by atoms with van der Waals surface area (Å²) in [4.78, 5) is 10.7. The lowest BCUT2D eigenvalue weighted by molar-refractivity contribution is 0.112. The largest absolute Gasteiger partial charge is 0.493 e. The van der Waals surface area contributed by atoms with E-state index in [1.807, 2.05) is 6.92 Å². The Hall–Kier alpha value is -1.29. The predicted molar refractivity (Wildman–Crippen MR) is 66.4 cm³/mol. The van der Waals surface area contributed by atoms with Crippen molar-refractivity contribution in [2.24, 2.45) is 0 Å². The van der Waals surface area contributed by atoms with Gasteiger partial charge in [0.05, 0.1) is 11.6 Å². The summed E-state index contributed by atoms with van der Waals surface area (Å²) in [7, 11) is 1.53. The molecule has 0 aliphatic heterocycles. The fourth-order valence-corrected chi connectivity index (χ4v) is 1.72. The average Bonchev–Trinajstić information content (AvgIpc) is 2.26. The first-order valence-corrected chi connectivity index (χ1v) is 5.47. The molecule has 0 amide bonds. The van der Waals surface area contributed by atoms with Crippen LogP contribution in [0.3, 0.4) is 0 Å². The SMILES string of the molecule is C=C(C)COc1c(Br)cc(C=O)cc1OC. The van der Waals surface area contributed by atoms with Gasteiger partial charge in [-0.3, -0.25) is 4.79 Å². The molecular weight excluding hydrogens is 272 g/mol. The maximum absolute atomic E-state index is 10.7. The zero-order chi connectivity index (χ0) is 12.1. The molecule has 1 aromatic rings. The van der Waals surface area contributed by atoms with Gasteiger partial charge in [0.15, 0.2) is 11.5 Å². The van der Waals surface area contributed by atoms with E-state index in [1.165, 1.54) is 7.11 Å². The minimum absolute atomic E-state index is 0.412. The van der Waals surface area contributed by atoms with Crippen LogP contribution < -0.4 is 9.47 Å². The number of hydrogen-bond donors (Lipinski definition) is 0. The first-order chi connectivity index (χ1) is 7.58. The molecule has 0 radical (unpaired) electrons. The number of carbonyl (C=O) groups is 1. The van der Waals surface area contributed by atoms with Crippen molar-refractivity contribution in [2.45, 2.75) is 6.92 Å². The van der Waals surface area contributed by atoms with E-state index in [0.717, 1.165) is 11.9 Å². The lowest BCUT2D eigenvalue weighted by Gasteiger charge is -2.12. The highest BCUT2D eigenvalue weighted by molar-refractivity contribution is 9.10. The number of carbonyl (C=O) groups excluding carboxylic acids is 1. The number of halogens is 1. The molecule has 0 atom stereocenters. The van der Waals surface area contributed by atoms with Gasteiger partial charge in [-0.2, -0.15) is 0 Å². The van der Waals surface area contributed by atoms with E-state index in [0.29, 0.717) is 28.1 Å². The maximum Gasteiger partial charge on any atom is 0.175 e. The zero-order valence-electron chi connectivity index (χ0n) is 9.25. The van der Waals surface area contributed by atoms with Gasteiger partial charge >= 0.3 is 0 Å². The molecule has 1 rings (SSSR count). The normalized spacial score (nSPS) is 9.69. The topological polar surface area (TPSA) is 35.5 Å². The Balaban J connectivity index is 3.06. The molecule has 0 spiro atoms. The van der Waals surface area contributed by atoms with Crippen LogP contribution in [0.5, 0.6) is 11.5 Å². The van der Waals surface area contributed by atoms with Gasteiger partial charge in [0, 0.05) is 5.56 Å². The molecule has 0 aromatic heterocycles. The van der Waals surface area contributed by atoms with Crippen LogP contribution in [0.25, 0.3) is 0 Å². The van der Waals surface area contributed by atoms with Crippen molar-refractivity contribution in [1.82, 2.24) is 0 Å². The van der Waals surface area contributed by atoms with Gasteiger partial charge in [0.2, 0.25) is 0 Å². The van der Waals surface area contributed by atoms with E-state index in [1.54, 1.807) is 12.1 Å². The van der Waals surface area contributed by atoms with Gasteiger partial charge in [-0.1, -0.05) is 6.58 Å². The second-order valence-corrected chi connectivity index (χ2v) is 4.25. The Kier molecular flexibility index (Phi) is 4.55. The van der Waals surface area contributed by atoms with Crippen LogP contribution in [0.1, 0.15) is 17.3 Å². The van der Waals surface area contributed by atoms with E-state index >= 15 is 0 Å². The molecule has 16 heavy (non-hydrogen) atoms. The van der Waals surface area contributed by atoms with Crippen LogP contribution in [0.4, 0.5) is 0 Å². The minimum Gasteiger partial charge on any atom is -0.493 e. The summed E-state index contributed by atoms with van der Waals surface area (Å²) >= 11 is 3.34. The molecule has 0 fully saturated rings. The summed E-state index contributed by atoms with van der Waals surface area (Å²) in [5.41, 5.74) is 1.44. The molecule has 0 unspecified atom stereocenters. The van der Waals surface area contributed by atoms with Crippen molar-refractivity contribution < 1.29 is 14.3 Å². The van der Waals surface area contributed by atoms with Crippen molar-refractivity contribution in [3.63, 3.8) is 0 Å². The molecule has 0 N–H and O–H groups in total. The Labute approximate surface area is 103 Å². The van der Waals surface area contributed by atoms with Crippen LogP contribution in [-0.2, 0) is 0 Å². The number of hydrogen-bond acceptors (Lipinski definition) is 3. The zero-order valence-corrected chi connectivity index (χ0v) is 10.8. The number of ether oxygens (including phenoxy) is 2. The van der Waals surface area contributed by atoms with E-state index in [2.05, 4.69) is 22.5 Å². The van der Waals surface area contributed by atoms with Crippen molar-refractivity contribution in [3.8, 4) is 11.5 Å². The van der Waals surface area contributed by atoms with Crippen molar-refractivity contribution >= 4 is 22.2 Å². The Bertz CT molecular complexity index is 413. The molecular formula is C12H13BrO3. The first kappa shape index (κ1) is 12.8. The van der Waals surface area contributed by atoms with Crippen molar-refractivity contribution in [2.75, 3.05) is 13.7 Å². The standard InChI is InChI=1S/C12H13BrO3/c1-8(2)7-16-12-10(13)4-9(6-14)5-11(12)15-3/h4-6H,1,7H2,2-3H3. The quantitative estimate of drug-likeness (QED) is 0.615. The Morgan fingerprint density at radius 3 is 2.75 bits per heavy atom. The Morgan fingerprint density at radius 1 is 1.56 bits per heavy atom. The van der Waals surface area contributed by atoms with Gasteiger partial charge in [-0.05, 0) is 40.6 Å². The molecule has 0 saturated heterocycles. The van der Waals surface area contributed by atoms with Gasteiger partial charge in [-0.15, -0.1) is 0 Å². The second kappa shape index (κ2) is 5.70. The fourth-order valence-electron chi connectivity index (χ4n) is 1.14. The molecule has 4 heteroatoms. The molecule has 3 nitrogen and oxygen atoms in total. The van der Waals surface area contributed by atoms with Gasteiger partial charge in [0.1, 0.15) is 12.9 Å². The lowest BCUT2D eigenvalue weighted by atomic mass is 10.2. The highest BCUT2D eigenvalue weighted by Crippen LogP contribution is 2.36. The van der Waals surface area contributed by atoms with Crippen molar-refractivity contribution in [3.05, 3.63) is 34.3 Å². The number of rotatable bonds is 5.